The molecule has 2 amide bonds. The highest BCUT2D eigenvalue weighted by atomic mass is 19.2. The van der Waals surface area contributed by atoms with Crippen LogP contribution in [0.2, 0.25) is 0 Å². The minimum atomic E-state index is -0.910. The number of carbonyl (C=O) groups excluding carboxylic acids is 2. The van der Waals surface area contributed by atoms with Gasteiger partial charge in [0.1, 0.15) is 0 Å². The Hall–Kier alpha value is -2.80. The van der Waals surface area contributed by atoms with Crippen molar-refractivity contribution in [1.82, 2.24) is 4.90 Å². The number of fused-ring (bicyclic) bond motifs is 1. The zero-order valence-electron chi connectivity index (χ0n) is 15.2. The van der Waals surface area contributed by atoms with Crippen molar-refractivity contribution in [1.29, 1.82) is 0 Å². The Morgan fingerprint density at radius 2 is 1.96 bits per heavy atom. The number of hydrogen-bond donors (Lipinski definition) is 1. The van der Waals surface area contributed by atoms with Gasteiger partial charge >= 0.3 is 0 Å². The topological polar surface area (TPSA) is 52.7 Å². The van der Waals surface area contributed by atoms with E-state index >= 15 is 0 Å². The maximum absolute atomic E-state index is 13.4. The van der Waals surface area contributed by atoms with E-state index in [4.69, 9.17) is 0 Å². The molecule has 2 aromatic rings. The van der Waals surface area contributed by atoms with Crippen LogP contribution in [0.3, 0.4) is 0 Å². The Labute approximate surface area is 156 Å². The van der Waals surface area contributed by atoms with Crippen molar-refractivity contribution >= 4 is 23.2 Å². The van der Waals surface area contributed by atoms with Gasteiger partial charge < -0.3 is 10.2 Å². The lowest BCUT2D eigenvalue weighted by Crippen LogP contribution is -2.44. The molecule has 0 aromatic heterocycles. The molecule has 1 N–H and O–H groups in total. The molecule has 1 aliphatic heterocycles. The van der Waals surface area contributed by atoms with Crippen molar-refractivity contribution in [2.24, 2.45) is 0 Å². The van der Waals surface area contributed by atoms with Crippen molar-refractivity contribution in [3.05, 3.63) is 59.7 Å². The first-order valence-corrected chi connectivity index (χ1v) is 8.68. The van der Waals surface area contributed by atoms with Crippen LogP contribution in [0.25, 0.3) is 0 Å². The number of nitrogens with one attached hydrogen (secondary N) is 1. The second kappa shape index (κ2) is 7.84. The van der Waals surface area contributed by atoms with Gasteiger partial charge in [-0.3, -0.25) is 14.5 Å². The Kier molecular flexibility index (Phi) is 5.51. The number of benzene rings is 2. The van der Waals surface area contributed by atoms with Gasteiger partial charge in [-0.05, 0) is 43.8 Å². The van der Waals surface area contributed by atoms with Crippen LogP contribution in [-0.2, 0) is 16.1 Å². The quantitative estimate of drug-likeness (QED) is 0.896. The maximum Gasteiger partial charge on any atom is 0.241 e. The second-order valence-electron chi connectivity index (χ2n) is 6.80. The summed E-state index contributed by atoms with van der Waals surface area (Å²) < 4.78 is 26.4. The predicted molar refractivity (Wildman–Crippen MR) is 99.3 cm³/mol. The van der Waals surface area contributed by atoms with Crippen LogP contribution in [0, 0.1) is 11.6 Å². The van der Waals surface area contributed by atoms with Gasteiger partial charge in [0.2, 0.25) is 11.8 Å². The van der Waals surface area contributed by atoms with Crippen LogP contribution in [0.5, 0.6) is 0 Å². The third-order valence-corrected chi connectivity index (χ3v) is 4.47. The zero-order chi connectivity index (χ0) is 19.6. The summed E-state index contributed by atoms with van der Waals surface area (Å²) in [6.07, 6.45) is 0.202. The van der Waals surface area contributed by atoms with E-state index in [-0.39, 0.29) is 30.8 Å². The number of carbonyl (C=O) groups is 2. The Morgan fingerprint density at radius 1 is 1.22 bits per heavy atom. The average molecular weight is 373 g/mol. The minimum Gasteiger partial charge on any atom is -0.324 e. The fourth-order valence-corrected chi connectivity index (χ4v) is 3.28. The SMILES string of the molecule is C[C@@H]1CC(=O)Nc2ccccc2N1C(=O)CN(C)Cc1ccc(F)c(F)c1. The van der Waals surface area contributed by atoms with Gasteiger partial charge in [-0.1, -0.05) is 18.2 Å². The third-order valence-electron chi connectivity index (χ3n) is 4.47. The molecule has 0 unspecified atom stereocenters. The van der Waals surface area contributed by atoms with Crippen LogP contribution >= 0.6 is 0 Å². The summed E-state index contributed by atoms with van der Waals surface area (Å²) in [4.78, 5) is 28.3. The van der Waals surface area contributed by atoms with E-state index in [0.29, 0.717) is 23.5 Å². The summed E-state index contributed by atoms with van der Waals surface area (Å²) in [6, 6.07) is 10.6. The van der Waals surface area contributed by atoms with Gasteiger partial charge in [0.25, 0.3) is 0 Å². The first-order chi connectivity index (χ1) is 12.8. The number of anilines is 2. The monoisotopic (exact) mass is 373 g/mol. The van der Waals surface area contributed by atoms with Crippen LogP contribution in [0.4, 0.5) is 20.2 Å². The molecule has 1 aliphatic rings. The molecule has 0 radical (unpaired) electrons. The van der Waals surface area contributed by atoms with Crippen LogP contribution < -0.4 is 10.2 Å². The molecule has 0 spiro atoms. The average Bonchev–Trinajstić information content (AvgIpc) is 2.72. The summed E-state index contributed by atoms with van der Waals surface area (Å²) in [5.74, 6) is -2.12. The van der Waals surface area contributed by atoms with Gasteiger partial charge in [-0.15, -0.1) is 0 Å². The van der Waals surface area contributed by atoms with Crippen LogP contribution in [0.1, 0.15) is 18.9 Å². The predicted octanol–water partition coefficient (Wildman–Crippen LogP) is 3.16. The smallest absolute Gasteiger partial charge is 0.241 e. The number of nitrogens with zero attached hydrogens (tertiary/aromatic N) is 2. The third kappa shape index (κ3) is 4.31. The zero-order valence-corrected chi connectivity index (χ0v) is 15.2. The molecule has 0 aliphatic carbocycles. The second-order valence-corrected chi connectivity index (χ2v) is 6.80. The van der Waals surface area contributed by atoms with E-state index in [9.17, 15) is 18.4 Å². The molecule has 0 saturated heterocycles. The van der Waals surface area contributed by atoms with Gasteiger partial charge in [0, 0.05) is 19.0 Å². The van der Waals surface area contributed by atoms with E-state index in [1.165, 1.54) is 6.07 Å². The molecule has 0 fully saturated rings. The van der Waals surface area contributed by atoms with E-state index in [1.54, 1.807) is 35.0 Å². The van der Waals surface area contributed by atoms with Gasteiger partial charge in [0.15, 0.2) is 11.6 Å². The van der Waals surface area contributed by atoms with Crippen molar-refractivity contribution in [2.45, 2.75) is 25.9 Å². The van der Waals surface area contributed by atoms with Crippen molar-refractivity contribution < 1.29 is 18.4 Å². The molecular weight excluding hydrogens is 352 g/mol. The van der Waals surface area contributed by atoms with Crippen LogP contribution in [0.15, 0.2) is 42.5 Å². The van der Waals surface area contributed by atoms with Crippen LogP contribution in [-0.4, -0.2) is 36.3 Å². The molecule has 27 heavy (non-hydrogen) atoms. The largest absolute Gasteiger partial charge is 0.324 e. The first kappa shape index (κ1) is 19.0. The molecule has 1 heterocycles. The van der Waals surface area contributed by atoms with Gasteiger partial charge in [-0.25, -0.2) is 8.78 Å². The van der Waals surface area contributed by atoms with E-state index in [2.05, 4.69) is 5.32 Å². The minimum absolute atomic E-state index is 0.0753. The van der Waals surface area contributed by atoms with E-state index < -0.39 is 11.6 Å². The molecule has 2 aromatic carbocycles. The van der Waals surface area contributed by atoms with E-state index in [1.807, 2.05) is 13.0 Å². The number of likely N-dealkylation sites (N-methyl/N-ethyl adjacent to an activating group) is 1. The molecular formula is C20H21F2N3O2. The summed E-state index contributed by atoms with van der Waals surface area (Å²) in [5, 5.41) is 2.82. The highest BCUT2D eigenvalue weighted by molar-refractivity contribution is 6.04. The highest BCUT2D eigenvalue weighted by Crippen LogP contribution is 2.31. The maximum atomic E-state index is 13.4. The number of rotatable bonds is 4. The lowest BCUT2D eigenvalue weighted by molar-refractivity contribution is -0.120. The number of hydrogen-bond acceptors (Lipinski definition) is 3. The number of para-hydroxylation sites is 2. The number of halogens is 2. The molecule has 1 atom stereocenters. The normalized spacial score (nSPS) is 16.7. The fraction of sp³-hybridized carbons (Fsp3) is 0.300. The molecule has 142 valence electrons. The lowest BCUT2D eigenvalue weighted by atomic mass is 10.1. The Balaban J connectivity index is 1.76. The van der Waals surface area contributed by atoms with Gasteiger partial charge in [-0.2, -0.15) is 0 Å². The number of amides is 2. The van der Waals surface area contributed by atoms with Crippen molar-refractivity contribution in [3.8, 4) is 0 Å². The molecule has 0 bridgehead atoms. The fourth-order valence-electron chi connectivity index (χ4n) is 3.28. The Bertz CT molecular complexity index is 872. The standard InChI is InChI=1S/C20H21F2N3O2/c1-13-9-19(26)23-17-5-3-4-6-18(17)25(13)20(27)12-24(2)11-14-7-8-15(21)16(22)10-14/h3-8,10,13H,9,11-12H2,1-2H3,(H,23,26)/t13-/m1/s1. The van der Waals surface area contributed by atoms with Gasteiger partial charge in [0.05, 0.1) is 17.9 Å². The molecule has 5 nitrogen and oxygen atoms in total. The molecule has 0 saturated carbocycles. The summed E-state index contributed by atoms with van der Waals surface area (Å²) in [5.41, 5.74) is 1.83. The van der Waals surface area contributed by atoms with E-state index in [0.717, 1.165) is 12.1 Å². The summed E-state index contributed by atoms with van der Waals surface area (Å²) in [7, 11) is 1.73. The molecule has 7 heteroatoms. The molecule has 3 rings (SSSR count). The highest BCUT2D eigenvalue weighted by Gasteiger charge is 2.29. The summed E-state index contributed by atoms with van der Waals surface area (Å²) in [6.45, 7) is 2.20. The lowest BCUT2D eigenvalue weighted by Gasteiger charge is -2.29. The van der Waals surface area contributed by atoms with Crippen molar-refractivity contribution in [2.75, 3.05) is 23.8 Å². The first-order valence-electron chi connectivity index (χ1n) is 8.68. The Morgan fingerprint density at radius 3 is 2.70 bits per heavy atom. The summed E-state index contributed by atoms with van der Waals surface area (Å²) >= 11 is 0. The van der Waals surface area contributed by atoms with Crippen molar-refractivity contribution in [3.63, 3.8) is 0 Å².